The molecule has 0 atom stereocenters. The maximum absolute atomic E-state index is 12.3. The van der Waals surface area contributed by atoms with E-state index in [-0.39, 0.29) is 12.2 Å². The van der Waals surface area contributed by atoms with Crippen LogP contribution in [0.15, 0.2) is 47.5 Å². The van der Waals surface area contributed by atoms with Crippen LogP contribution in [0.2, 0.25) is 0 Å². The molecule has 0 radical (unpaired) electrons. The van der Waals surface area contributed by atoms with Crippen LogP contribution >= 0.6 is 0 Å². The second-order valence-corrected chi connectivity index (χ2v) is 4.33. The fourth-order valence-electron chi connectivity index (χ4n) is 2.28. The maximum atomic E-state index is 12.3. The number of aromatic nitrogens is 2. The number of aliphatic hydroxyl groups excluding tert-OH is 1. The van der Waals surface area contributed by atoms with Crippen molar-refractivity contribution in [2.24, 2.45) is 0 Å². The van der Waals surface area contributed by atoms with Crippen LogP contribution in [0.5, 0.6) is 0 Å². The lowest BCUT2D eigenvalue weighted by Gasteiger charge is -2.05. The highest BCUT2D eigenvalue weighted by atomic mass is 16.3. The van der Waals surface area contributed by atoms with Gasteiger partial charge < -0.3 is 14.1 Å². The Bertz CT molecular complexity index is 755. The van der Waals surface area contributed by atoms with E-state index in [2.05, 4.69) is 0 Å². The van der Waals surface area contributed by atoms with E-state index in [9.17, 15) is 4.79 Å². The van der Waals surface area contributed by atoms with Gasteiger partial charge in [0.05, 0.1) is 5.52 Å². The normalized spacial score (nSPS) is 11.4. The molecule has 3 aromatic rings. The van der Waals surface area contributed by atoms with Crippen molar-refractivity contribution in [3.8, 4) is 0 Å². The van der Waals surface area contributed by atoms with Crippen LogP contribution in [0.3, 0.4) is 0 Å². The molecule has 1 aromatic carbocycles. The van der Waals surface area contributed by atoms with Crippen LogP contribution in [-0.4, -0.2) is 20.7 Å². The van der Waals surface area contributed by atoms with Gasteiger partial charge in [-0.15, -0.1) is 0 Å². The van der Waals surface area contributed by atoms with Crippen LogP contribution in [0.4, 0.5) is 0 Å². The molecule has 18 heavy (non-hydrogen) atoms. The monoisotopic (exact) mass is 242 g/mol. The maximum Gasteiger partial charge on any atom is 0.274 e. The second kappa shape index (κ2) is 4.31. The Morgan fingerprint density at radius 1 is 1.11 bits per heavy atom. The van der Waals surface area contributed by atoms with Crippen molar-refractivity contribution >= 4 is 16.4 Å². The van der Waals surface area contributed by atoms with E-state index >= 15 is 0 Å². The average molecular weight is 242 g/mol. The number of hydrogen-bond acceptors (Lipinski definition) is 2. The number of para-hydroxylation sites is 1. The van der Waals surface area contributed by atoms with E-state index in [0.717, 1.165) is 10.9 Å². The molecule has 0 fully saturated rings. The molecule has 0 saturated carbocycles. The van der Waals surface area contributed by atoms with Crippen molar-refractivity contribution in [1.82, 2.24) is 8.97 Å². The zero-order valence-corrected chi connectivity index (χ0v) is 9.91. The van der Waals surface area contributed by atoms with Gasteiger partial charge in [0, 0.05) is 30.9 Å². The van der Waals surface area contributed by atoms with Gasteiger partial charge >= 0.3 is 0 Å². The van der Waals surface area contributed by atoms with Crippen LogP contribution in [0.1, 0.15) is 6.42 Å². The highest BCUT2D eigenvalue weighted by molar-refractivity contribution is 5.86. The fourth-order valence-corrected chi connectivity index (χ4v) is 2.28. The first kappa shape index (κ1) is 11.0. The Balaban J connectivity index is 2.26. The van der Waals surface area contributed by atoms with E-state index in [1.807, 2.05) is 40.9 Å². The minimum absolute atomic E-state index is 0.0119. The van der Waals surface area contributed by atoms with E-state index in [0.29, 0.717) is 18.5 Å². The van der Waals surface area contributed by atoms with Crippen LogP contribution < -0.4 is 5.56 Å². The summed E-state index contributed by atoms with van der Waals surface area (Å²) in [6, 6.07) is 9.84. The predicted octanol–water partition coefficient (Wildman–Crippen LogP) is 1.64. The molecular weight excluding hydrogens is 228 g/mol. The Kier molecular flexibility index (Phi) is 2.64. The van der Waals surface area contributed by atoms with Crippen molar-refractivity contribution in [1.29, 1.82) is 0 Å². The van der Waals surface area contributed by atoms with Crippen molar-refractivity contribution in [2.75, 3.05) is 6.61 Å². The number of aliphatic hydroxyl groups is 1. The van der Waals surface area contributed by atoms with Crippen molar-refractivity contribution < 1.29 is 5.11 Å². The van der Waals surface area contributed by atoms with Crippen LogP contribution in [0, 0.1) is 0 Å². The highest BCUT2D eigenvalue weighted by Gasteiger charge is 2.06. The average Bonchev–Trinajstić information content (AvgIpc) is 2.78. The molecule has 92 valence electrons. The SMILES string of the molecule is O=c1c2cc3ccccc3n2ccn1CCCO. The molecule has 0 spiro atoms. The quantitative estimate of drug-likeness (QED) is 0.759. The number of fused-ring (bicyclic) bond motifs is 3. The zero-order valence-electron chi connectivity index (χ0n) is 9.91. The molecule has 3 rings (SSSR count). The molecule has 2 heterocycles. The molecule has 0 aliphatic heterocycles. The number of rotatable bonds is 3. The molecule has 2 aromatic heterocycles. The van der Waals surface area contributed by atoms with Gasteiger partial charge in [0.25, 0.3) is 5.56 Å². The van der Waals surface area contributed by atoms with E-state index in [4.69, 9.17) is 5.11 Å². The van der Waals surface area contributed by atoms with Crippen LogP contribution in [-0.2, 0) is 6.54 Å². The molecule has 0 aliphatic rings. The summed E-state index contributed by atoms with van der Waals surface area (Å²) in [5.41, 5.74) is 1.71. The van der Waals surface area contributed by atoms with Gasteiger partial charge in [-0.1, -0.05) is 18.2 Å². The van der Waals surface area contributed by atoms with Gasteiger partial charge in [0.1, 0.15) is 5.52 Å². The third kappa shape index (κ3) is 1.62. The summed E-state index contributed by atoms with van der Waals surface area (Å²) in [5, 5.41) is 9.89. The fraction of sp³-hybridized carbons (Fsp3) is 0.214. The number of aryl methyl sites for hydroxylation is 1. The van der Waals surface area contributed by atoms with Gasteiger partial charge in [-0.3, -0.25) is 4.79 Å². The molecule has 0 bridgehead atoms. The van der Waals surface area contributed by atoms with Gasteiger partial charge in [-0.2, -0.15) is 0 Å². The van der Waals surface area contributed by atoms with Gasteiger partial charge in [0.15, 0.2) is 0 Å². The van der Waals surface area contributed by atoms with Crippen molar-refractivity contribution in [3.05, 3.63) is 53.1 Å². The van der Waals surface area contributed by atoms with Gasteiger partial charge in [-0.05, 0) is 18.6 Å². The largest absolute Gasteiger partial charge is 0.396 e. The number of benzene rings is 1. The molecule has 4 heteroatoms. The molecule has 4 nitrogen and oxygen atoms in total. The topological polar surface area (TPSA) is 46.6 Å². The molecule has 0 saturated heterocycles. The second-order valence-electron chi connectivity index (χ2n) is 4.33. The summed E-state index contributed by atoms with van der Waals surface area (Å²) in [4.78, 5) is 12.3. The Labute approximate surface area is 104 Å². The van der Waals surface area contributed by atoms with E-state index in [1.54, 1.807) is 10.8 Å². The summed E-state index contributed by atoms with van der Waals surface area (Å²) >= 11 is 0. The molecule has 0 amide bonds. The summed E-state index contributed by atoms with van der Waals surface area (Å²) in [5.74, 6) is 0. The molecule has 0 aliphatic carbocycles. The summed E-state index contributed by atoms with van der Waals surface area (Å²) in [7, 11) is 0. The van der Waals surface area contributed by atoms with Crippen LogP contribution in [0.25, 0.3) is 16.4 Å². The van der Waals surface area contributed by atoms with E-state index < -0.39 is 0 Å². The lowest BCUT2D eigenvalue weighted by atomic mass is 10.2. The first-order valence-corrected chi connectivity index (χ1v) is 6.01. The third-order valence-corrected chi connectivity index (χ3v) is 3.18. The van der Waals surface area contributed by atoms with Crippen molar-refractivity contribution in [3.63, 3.8) is 0 Å². The standard InChI is InChI=1S/C14H14N2O2/c17-9-3-6-15-7-8-16-12-5-2-1-4-11(12)10-13(16)14(15)18/h1-2,4-5,7-8,10,17H,3,6,9H2. The highest BCUT2D eigenvalue weighted by Crippen LogP contribution is 2.17. The minimum Gasteiger partial charge on any atom is -0.396 e. The third-order valence-electron chi connectivity index (χ3n) is 3.18. The number of hydrogen-bond donors (Lipinski definition) is 1. The lowest BCUT2D eigenvalue weighted by Crippen LogP contribution is -2.21. The van der Waals surface area contributed by atoms with Gasteiger partial charge in [-0.25, -0.2) is 0 Å². The Morgan fingerprint density at radius 3 is 2.78 bits per heavy atom. The summed E-state index contributed by atoms with van der Waals surface area (Å²) in [6.07, 6.45) is 4.27. The number of nitrogens with zero attached hydrogens (tertiary/aromatic N) is 2. The Morgan fingerprint density at radius 2 is 1.94 bits per heavy atom. The Hall–Kier alpha value is -2.07. The smallest absolute Gasteiger partial charge is 0.274 e. The first-order chi connectivity index (χ1) is 8.81. The lowest BCUT2D eigenvalue weighted by molar-refractivity contribution is 0.279. The molecule has 1 N–H and O–H groups in total. The predicted molar refractivity (Wildman–Crippen MR) is 70.9 cm³/mol. The van der Waals surface area contributed by atoms with Gasteiger partial charge in [0.2, 0.25) is 0 Å². The zero-order chi connectivity index (χ0) is 12.5. The molecular formula is C14H14N2O2. The summed E-state index contributed by atoms with van der Waals surface area (Å²) in [6.45, 7) is 0.647. The minimum atomic E-state index is -0.0119. The van der Waals surface area contributed by atoms with E-state index in [1.165, 1.54) is 0 Å². The first-order valence-electron chi connectivity index (χ1n) is 6.01. The molecule has 0 unspecified atom stereocenters. The van der Waals surface area contributed by atoms with Crippen molar-refractivity contribution in [2.45, 2.75) is 13.0 Å². The summed E-state index contributed by atoms with van der Waals surface area (Å²) < 4.78 is 3.55.